The maximum absolute atomic E-state index is 11.9. The number of rotatable bonds is 11. The number of carbonyl (C=O) groups excluding carboxylic acids is 1. The minimum Gasteiger partial charge on any atom is -0.492 e. The molecule has 2 aromatic carbocycles. The van der Waals surface area contributed by atoms with Gasteiger partial charge in [-0.2, -0.15) is 0 Å². The Hall–Kier alpha value is -1.64. The van der Waals surface area contributed by atoms with E-state index >= 15 is 0 Å². The zero-order chi connectivity index (χ0) is 19.5. The summed E-state index contributed by atoms with van der Waals surface area (Å²) < 4.78 is 13.1. The Morgan fingerprint density at radius 1 is 1.11 bits per heavy atom. The highest BCUT2D eigenvalue weighted by atomic mass is 35.5. The average molecular weight is 431 g/mol. The fourth-order valence-electron chi connectivity index (χ4n) is 2.11. The van der Waals surface area contributed by atoms with Gasteiger partial charge in [-0.3, -0.25) is 4.79 Å². The molecule has 0 aromatic heterocycles. The molecule has 0 atom stereocenters. The van der Waals surface area contributed by atoms with Crippen LogP contribution in [0.5, 0.6) is 5.75 Å². The highest BCUT2D eigenvalue weighted by Gasteiger charge is 2.04. The van der Waals surface area contributed by atoms with Crippen molar-refractivity contribution in [1.82, 2.24) is 5.32 Å². The van der Waals surface area contributed by atoms with Crippen molar-refractivity contribution in [2.45, 2.75) is 12.8 Å². The molecule has 0 spiro atoms. The number of hydrogen-bond donors (Lipinski definition) is 2. The van der Waals surface area contributed by atoms with Gasteiger partial charge in [-0.05, 0) is 36.2 Å². The normalized spacial score (nSPS) is 10.5. The number of halogens is 2. The number of hydrogen-bond acceptors (Lipinski definition) is 6. The molecule has 0 bridgehead atoms. The van der Waals surface area contributed by atoms with Gasteiger partial charge in [-0.25, -0.2) is 4.89 Å². The number of benzene rings is 2. The monoisotopic (exact) mass is 430 g/mol. The van der Waals surface area contributed by atoms with E-state index in [1.807, 2.05) is 24.3 Å². The number of ether oxygens (including phenoxy) is 1. The summed E-state index contributed by atoms with van der Waals surface area (Å²) in [6.45, 7) is 0.768. The lowest BCUT2D eigenvalue weighted by Crippen LogP contribution is -2.28. The first-order valence-corrected chi connectivity index (χ1v) is 9.64. The Bertz CT molecular complexity index is 732. The summed E-state index contributed by atoms with van der Waals surface area (Å²) in [5.41, 5.74) is 1.95. The van der Waals surface area contributed by atoms with Gasteiger partial charge in [0.05, 0.1) is 23.7 Å². The molecule has 1 amide bonds. The standard InChI is InChI=1S/C18H20Cl2N2O4S/c1-24-26-27-22-14-5-2-13(3-6-14)4-9-18(23)21-10-11-25-15-7-8-16(19)17(20)12-15/h2-3,5-8,12,22H,4,9-11H2,1H3,(H,21,23). The smallest absolute Gasteiger partial charge is 0.220 e. The van der Waals surface area contributed by atoms with Crippen LogP contribution in [0.2, 0.25) is 10.0 Å². The molecule has 0 unspecified atom stereocenters. The van der Waals surface area contributed by atoms with Gasteiger partial charge in [-0.15, -0.1) is 4.33 Å². The van der Waals surface area contributed by atoms with Gasteiger partial charge in [0, 0.05) is 18.2 Å². The van der Waals surface area contributed by atoms with Gasteiger partial charge < -0.3 is 14.8 Å². The molecule has 6 nitrogen and oxygen atoms in total. The van der Waals surface area contributed by atoms with Crippen molar-refractivity contribution < 1.29 is 18.8 Å². The second-order valence-corrected chi connectivity index (χ2v) is 6.71. The lowest BCUT2D eigenvalue weighted by Gasteiger charge is -2.09. The Kier molecular flexibility index (Phi) is 9.58. The van der Waals surface area contributed by atoms with Gasteiger partial charge in [0.25, 0.3) is 0 Å². The van der Waals surface area contributed by atoms with E-state index in [0.717, 1.165) is 23.5 Å². The van der Waals surface area contributed by atoms with Crippen LogP contribution in [0.15, 0.2) is 42.5 Å². The molecule has 0 radical (unpaired) electrons. The van der Waals surface area contributed by atoms with Crippen LogP contribution in [0.4, 0.5) is 5.69 Å². The molecular formula is C18H20Cl2N2O4S. The summed E-state index contributed by atoms with van der Waals surface area (Å²) in [4.78, 5) is 16.4. The Labute approximate surface area is 172 Å². The lowest BCUT2D eigenvalue weighted by atomic mass is 10.1. The van der Waals surface area contributed by atoms with Crippen molar-refractivity contribution in [2.75, 3.05) is 25.0 Å². The lowest BCUT2D eigenvalue weighted by molar-refractivity contribution is -0.159. The van der Waals surface area contributed by atoms with Crippen LogP contribution in [0.3, 0.4) is 0 Å². The van der Waals surface area contributed by atoms with Crippen molar-refractivity contribution in [3.63, 3.8) is 0 Å². The largest absolute Gasteiger partial charge is 0.492 e. The molecule has 9 heteroatoms. The van der Waals surface area contributed by atoms with Gasteiger partial charge in [-0.1, -0.05) is 35.3 Å². The van der Waals surface area contributed by atoms with E-state index in [2.05, 4.69) is 19.3 Å². The third kappa shape index (κ3) is 8.28. The van der Waals surface area contributed by atoms with Gasteiger partial charge in [0.2, 0.25) is 5.91 Å². The Morgan fingerprint density at radius 2 is 1.89 bits per heavy atom. The van der Waals surface area contributed by atoms with E-state index in [4.69, 9.17) is 27.9 Å². The predicted octanol–water partition coefficient (Wildman–Crippen LogP) is 4.67. The topological polar surface area (TPSA) is 68.8 Å². The van der Waals surface area contributed by atoms with E-state index in [1.165, 1.54) is 7.11 Å². The molecule has 2 aromatic rings. The van der Waals surface area contributed by atoms with Crippen molar-refractivity contribution in [1.29, 1.82) is 0 Å². The van der Waals surface area contributed by atoms with Crippen LogP contribution in [0, 0.1) is 0 Å². The zero-order valence-corrected chi connectivity index (χ0v) is 17.0. The molecule has 2 rings (SSSR count). The van der Waals surface area contributed by atoms with Crippen LogP contribution in [-0.2, 0) is 20.4 Å². The highest BCUT2D eigenvalue weighted by molar-refractivity contribution is 7.95. The average Bonchev–Trinajstić information content (AvgIpc) is 2.67. The third-order valence-corrected chi connectivity index (χ3v) is 4.70. The van der Waals surface area contributed by atoms with E-state index in [1.54, 1.807) is 18.2 Å². The minimum absolute atomic E-state index is 0.0287. The summed E-state index contributed by atoms with van der Waals surface area (Å²) in [5.74, 6) is 0.584. The van der Waals surface area contributed by atoms with Gasteiger partial charge >= 0.3 is 0 Å². The van der Waals surface area contributed by atoms with Crippen molar-refractivity contribution in [3.05, 3.63) is 58.1 Å². The summed E-state index contributed by atoms with van der Waals surface area (Å²) in [6.07, 6.45) is 1.06. The highest BCUT2D eigenvalue weighted by Crippen LogP contribution is 2.26. The van der Waals surface area contributed by atoms with Crippen LogP contribution >= 0.6 is 35.4 Å². The van der Waals surface area contributed by atoms with Crippen molar-refractivity contribution >= 4 is 47.0 Å². The number of anilines is 1. The number of carbonyl (C=O) groups is 1. The molecule has 0 aliphatic rings. The molecule has 0 aliphatic heterocycles. The fourth-order valence-corrected chi connectivity index (χ4v) is 2.73. The first-order valence-electron chi connectivity index (χ1n) is 8.14. The predicted molar refractivity (Wildman–Crippen MR) is 109 cm³/mol. The Balaban J connectivity index is 1.62. The Morgan fingerprint density at radius 3 is 2.59 bits per heavy atom. The number of amides is 1. The summed E-state index contributed by atoms with van der Waals surface area (Å²) in [5, 5.41) is 3.74. The summed E-state index contributed by atoms with van der Waals surface area (Å²) in [6, 6.07) is 12.8. The second kappa shape index (κ2) is 11.9. The van der Waals surface area contributed by atoms with E-state index in [9.17, 15) is 4.79 Å². The van der Waals surface area contributed by atoms with Crippen LogP contribution in [-0.4, -0.2) is 26.2 Å². The molecular weight excluding hydrogens is 411 g/mol. The van der Waals surface area contributed by atoms with Crippen molar-refractivity contribution in [3.8, 4) is 5.75 Å². The second-order valence-electron chi connectivity index (χ2n) is 5.39. The SMILES string of the molecule is COOSNc1ccc(CCC(=O)NCCOc2ccc(Cl)c(Cl)c2)cc1. The first kappa shape index (κ1) is 21.7. The van der Waals surface area contributed by atoms with E-state index < -0.39 is 0 Å². The molecule has 0 saturated heterocycles. The summed E-state index contributed by atoms with van der Waals surface area (Å²) >= 11 is 12.7. The maximum Gasteiger partial charge on any atom is 0.220 e. The van der Waals surface area contributed by atoms with Crippen molar-refractivity contribution in [2.24, 2.45) is 0 Å². The molecule has 0 heterocycles. The molecule has 27 heavy (non-hydrogen) atoms. The molecule has 0 saturated carbocycles. The minimum atomic E-state index is -0.0287. The number of aryl methyl sites for hydroxylation is 1. The van der Waals surface area contributed by atoms with E-state index in [-0.39, 0.29) is 5.91 Å². The number of nitrogens with one attached hydrogen (secondary N) is 2. The van der Waals surface area contributed by atoms with E-state index in [0.29, 0.717) is 41.8 Å². The third-order valence-electron chi connectivity index (χ3n) is 3.44. The molecule has 0 aliphatic carbocycles. The molecule has 0 fully saturated rings. The van der Waals surface area contributed by atoms with Crippen LogP contribution < -0.4 is 14.8 Å². The molecule has 146 valence electrons. The van der Waals surface area contributed by atoms with Crippen LogP contribution in [0.1, 0.15) is 12.0 Å². The maximum atomic E-state index is 11.9. The van der Waals surface area contributed by atoms with Gasteiger partial charge in [0.15, 0.2) is 0 Å². The zero-order valence-electron chi connectivity index (χ0n) is 14.7. The first-order chi connectivity index (χ1) is 13.1. The fraction of sp³-hybridized carbons (Fsp3) is 0.278. The quantitative estimate of drug-likeness (QED) is 0.177. The summed E-state index contributed by atoms with van der Waals surface area (Å²) in [7, 11) is 1.43. The van der Waals surface area contributed by atoms with Crippen LogP contribution in [0.25, 0.3) is 0 Å². The van der Waals surface area contributed by atoms with Gasteiger partial charge in [0.1, 0.15) is 24.6 Å². The molecule has 2 N–H and O–H groups in total.